The first-order chi connectivity index (χ1) is 10.6. The van der Waals surface area contributed by atoms with Gasteiger partial charge in [0.25, 0.3) is 0 Å². The summed E-state index contributed by atoms with van der Waals surface area (Å²) in [6.45, 7) is 1.81. The lowest BCUT2D eigenvalue weighted by atomic mass is 10.4. The fraction of sp³-hybridized carbons (Fsp3) is 0.231. The monoisotopic (exact) mass is 335 g/mol. The largest absolute Gasteiger partial charge is 0.461 e. The highest BCUT2D eigenvalue weighted by Gasteiger charge is 2.20. The van der Waals surface area contributed by atoms with Crippen molar-refractivity contribution in [2.45, 2.75) is 17.3 Å². The van der Waals surface area contributed by atoms with E-state index in [2.05, 4.69) is 20.5 Å². The van der Waals surface area contributed by atoms with Gasteiger partial charge in [-0.2, -0.15) is 0 Å². The molecule has 0 aliphatic carbocycles. The van der Waals surface area contributed by atoms with Crippen LogP contribution in [0.1, 0.15) is 6.92 Å². The van der Waals surface area contributed by atoms with E-state index in [1.165, 1.54) is 23.1 Å². The minimum Gasteiger partial charge on any atom is -0.461 e. The summed E-state index contributed by atoms with van der Waals surface area (Å²) in [5.74, 6) is 1.14. The number of thiazole rings is 1. The first kappa shape index (κ1) is 14.8. The lowest BCUT2D eigenvalue weighted by Crippen LogP contribution is -2.22. The second-order valence-electron chi connectivity index (χ2n) is 4.43. The second-order valence-corrected chi connectivity index (χ2v) is 6.63. The summed E-state index contributed by atoms with van der Waals surface area (Å²) in [5, 5.41) is 13.7. The molecule has 0 radical (unpaired) electrons. The van der Waals surface area contributed by atoms with Crippen LogP contribution >= 0.6 is 23.1 Å². The third-order valence-electron chi connectivity index (χ3n) is 2.89. The Bertz CT molecular complexity index is 752. The lowest BCUT2D eigenvalue weighted by molar-refractivity contribution is -0.115. The van der Waals surface area contributed by atoms with E-state index in [0.717, 1.165) is 0 Å². The van der Waals surface area contributed by atoms with Crippen LogP contribution in [0.5, 0.6) is 0 Å². The van der Waals surface area contributed by atoms with Gasteiger partial charge < -0.3 is 14.3 Å². The zero-order valence-corrected chi connectivity index (χ0v) is 13.5. The van der Waals surface area contributed by atoms with Crippen molar-refractivity contribution >= 4 is 34.1 Å². The van der Waals surface area contributed by atoms with E-state index in [0.29, 0.717) is 21.9 Å². The third-order valence-corrected chi connectivity index (χ3v) is 4.71. The molecule has 3 rings (SSSR count). The summed E-state index contributed by atoms with van der Waals surface area (Å²) in [5.41, 5.74) is 0. The van der Waals surface area contributed by atoms with Gasteiger partial charge in [0.15, 0.2) is 21.9 Å². The molecule has 1 N–H and O–H groups in total. The number of amides is 1. The van der Waals surface area contributed by atoms with Crippen molar-refractivity contribution in [3.63, 3.8) is 0 Å². The quantitative estimate of drug-likeness (QED) is 0.721. The van der Waals surface area contributed by atoms with Crippen molar-refractivity contribution in [2.75, 3.05) is 5.32 Å². The van der Waals surface area contributed by atoms with E-state index in [9.17, 15) is 4.79 Å². The number of nitrogens with zero attached hydrogens (tertiary/aromatic N) is 4. The number of rotatable bonds is 5. The van der Waals surface area contributed by atoms with Gasteiger partial charge in [-0.3, -0.25) is 4.79 Å². The van der Waals surface area contributed by atoms with Gasteiger partial charge >= 0.3 is 0 Å². The zero-order chi connectivity index (χ0) is 15.5. The van der Waals surface area contributed by atoms with Crippen LogP contribution in [0, 0.1) is 0 Å². The van der Waals surface area contributed by atoms with Crippen LogP contribution in [-0.4, -0.2) is 30.9 Å². The normalized spacial score (nSPS) is 12.3. The highest BCUT2D eigenvalue weighted by atomic mass is 32.2. The summed E-state index contributed by atoms with van der Waals surface area (Å²) in [6, 6.07) is 3.61. The number of thioether (sulfide) groups is 1. The topological polar surface area (TPSA) is 85.8 Å². The smallest absolute Gasteiger partial charge is 0.239 e. The van der Waals surface area contributed by atoms with E-state index in [-0.39, 0.29) is 11.2 Å². The molecule has 22 heavy (non-hydrogen) atoms. The van der Waals surface area contributed by atoms with Gasteiger partial charge in [0.1, 0.15) is 0 Å². The molecule has 0 bridgehead atoms. The summed E-state index contributed by atoms with van der Waals surface area (Å²) < 4.78 is 7.12. The lowest BCUT2D eigenvalue weighted by Gasteiger charge is -2.09. The molecule has 114 valence electrons. The van der Waals surface area contributed by atoms with Crippen LogP contribution in [0.25, 0.3) is 11.6 Å². The van der Waals surface area contributed by atoms with Crippen molar-refractivity contribution in [3.05, 3.63) is 30.0 Å². The van der Waals surface area contributed by atoms with Crippen LogP contribution in [0.15, 0.2) is 39.5 Å². The van der Waals surface area contributed by atoms with Gasteiger partial charge in [0.2, 0.25) is 5.91 Å². The van der Waals surface area contributed by atoms with Gasteiger partial charge in [-0.1, -0.05) is 11.8 Å². The maximum Gasteiger partial charge on any atom is 0.239 e. The molecule has 0 saturated heterocycles. The maximum atomic E-state index is 12.1. The highest BCUT2D eigenvalue weighted by molar-refractivity contribution is 8.00. The number of hydrogen-bond acceptors (Lipinski definition) is 7. The first-order valence-electron chi connectivity index (χ1n) is 6.45. The standard InChI is InChI=1S/C13H13N5O2S2/c1-8(11(19)15-12-14-5-7-21-12)22-13-17-16-10(18(13)2)9-4-3-6-20-9/h3-8H,1-2H3,(H,14,15,19)/t8-/m0/s1. The predicted molar refractivity (Wildman–Crippen MR) is 84.8 cm³/mol. The molecule has 7 nitrogen and oxygen atoms in total. The Labute approximate surface area is 134 Å². The number of nitrogens with one attached hydrogen (secondary N) is 1. The van der Waals surface area contributed by atoms with Gasteiger partial charge in [-0.15, -0.1) is 21.5 Å². The SMILES string of the molecule is C[C@H](Sc1nnc(-c2ccco2)n1C)C(=O)Nc1nccs1. The fourth-order valence-electron chi connectivity index (χ4n) is 1.74. The molecular formula is C13H13N5O2S2. The highest BCUT2D eigenvalue weighted by Crippen LogP contribution is 2.26. The van der Waals surface area contributed by atoms with Crippen molar-refractivity contribution < 1.29 is 9.21 Å². The average molecular weight is 335 g/mol. The number of furan rings is 1. The van der Waals surface area contributed by atoms with E-state index < -0.39 is 0 Å². The van der Waals surface area contributed by atoms with Crippen LogP contribution in [0.2, 0.25) is 0 Å². The molecule has 1 atom stereocenters. The summed E-state index contributed by atoms with van der Waals surface area (Å²) in [6.07, 6.45) is 3.23. The fourth-order valence-corrected chi connectivity index (χ4v) is 3.09. The molecule has 0 spiro atoms. The van der Waals surface area contributed by atoms with E-state index >= 15 is 0 Å². The van der Waals surface area contributed by atoms with Crippen LogP contribution in [0.3, 0.4) is 0 Å². The molecular weight excluding hydrogens is 322 g/mol. The van der Waals surface area contributed by atoms with Gasteiger partial charge in [-0.05, 0) is 19.1 Å². The van der Waals surface area contributed by atoms with Gasteiger partial charge in [0.05, 0.1) is 11.5 Å². The number of aromatic nitrogens is 4. The van der Waals surface area contributed by atoms with Crippen molar-refractivity contribution in [1.29, 1.82) is 0 Å². The summed E-state index contributed by atoms with van der Waals surface area (Å²) >= 11 is 2.71. The van der Waals surface area contributed by atoms with Crippen LogP contribution in [-0.2, 0) is 11.8 Å². The first-order valence-corrected chi connectivity index (χ1v) is 8.21. The summed E-state index contributed by atoms with van der Waals surface area (Å²) in [4.78, 5) is 16.2. The second kappa shape index (κ2) is 6.32. The Morgan fingerprint density at radius 3 is 3.05 bits per heavy atom. The Morgan fingerprint density at radius 2 is 2.36 bits per heavy atom. The molecule has 3 aromatic rings. The van der Waals surface area contributed by atoms with E-state index in [4.69, 9.17) is 4.42 Å². The molecule has 0 aliphatic rings. The molecule has 0 fully saturated rings. The zero-order valence-electron chi connectivity index (χ0n) is 11.9. The Morgan fingerprint density at radius 1 is 1.50 bits per heavy atom. The number of anilines is 1. The molecule has 0 unspecified atom stereocenters. The third kappa shape index (κ3) is 3.04. The number of carbonyl (C=O) groups excluding carboxylic acids is 1. The molecule has 3 heterocycles. The molecule has 1 amide bonds. The minimum atomic E-state index is -0.323. The van der Waals surface area contributed by atoms with E-state index in [1.54, 1.807) is 23.1 Å². The van der Waals surface area contributed by atoms with Gasteiger partial charge in [-0.25, -0.2) is 4.98 Å². The molecule has 0 saturated carbocycles. The van der Waals surface area contributed by atoms with Crippen LogP contribution in [0.4, 0.5) is 5.13 Å². The number of hydrogen-bond donors (Lipinski definition) is 1. The predicted octanol–water partition coefficient (Wildman–Crippen LogP) is 2.65. The number of carbonyl (C=O) groups is 1. The minimum absolute atomic E-state index is 0.123. The molecule has 9 heteroatoms. The van der Waals surface area contributed by atoms with Crippen molar-refractivity contribution in [1.82, 2.24) is 19.7 Å². The summed E-state index contributed by atoms with van der Waals surface area (Å²) in [7, 11) is 1.84. The van der Waals surface area contributed by atoms with Gasteiger partial charge in [0, 0.05) is 18.6 Å². The molecule has 0 aliphatic heterocycles. The Hall–Kier alpha value is -2.13. The Balaban J connectivity index is 1.69. The Kier molecular flexibility index (Phi) is 4.25. The molecule has 3 aromatic heterocycles. The molecule has 0 aromatic carbocycles. The average Bonchev–Trinajstić information content (AvgIpc) is 3.22. The van der Waals surface area contributed by atoms with Crippen molar-refractivity contribution in [3.8, 4) is 11.6 Å². The van der Waals surface area contributed by atoms with E-state index in [1.807, 2.05) is 25.4 Å². The maximum absolute atomic E-state index is 12.1. The van der Waals surface area contributed by atoms with Crippen LogP contribution < -0.4 is 5.32 Å². The van der Waals surface area contributed by atoms with Crippen molar-refractivity contribution in [2.24, 2.45) is 7.05 Å².